The Bertz CT molecular complexity index is 674. The molecule has 0 radical (unpaired) electrons. The molecular weight excluding hydrogens is 370 g/mol. The largest absolute Gasteiger partial charge is 0.368 e. The van der Waals surface area contributed by atoms with E-state index in [1.807, 2.05) is 0 Å². The van der Waals surface area contributed by atoms with E-state index in [4.69, 9.17) is 20.9 Å². The predicted octanol–water partition coefficient (Wildman–Crippen LogP) is 2.47. The molecule has 0 saturated carbocycles. The number of nitrogens with zero attached hydrogens (tertiary/aromatic N) is 2. The van der Waals surface area contributed by atoms with Gasteiger partial charge in [0.2, 0.25) is 11.8 Å². The Morgan fingerprint density at radius 3 is 2.63 bits per heavy atom. The zero-order valence-electron chi connectivity index (χ0n) is 15.4. The molecule has 1 aromatic heterocycles. The molecule has 8 heteroatoms. The summed E-state index contributed by atoms with van der Waals surface area (Å²) >= 11 is 5.76. The van der Waals surface area contributed by atoms with Gasteiger partial charge in [-0.3, -0.25) is 9.59 Å². The van der Waals surface area contributed by atoms with Gasteiger partial charge in [0, 0.05) is 43.6 Å². The van der Waals surface area contributed by atoms with Crippen LogP contribution in [0.4, 0.5) is 0 Å². The highest BCUT2D eigenvalue weighted by atomic mass is 35.5. The van der Waals surface area contributed by atoms with Gasteiger partial charge in [0.05, 0.1) is 0 Å². The molecule has 148 valence electrons. The van der Waals surface area contributed by atoms with Crippen LogP contribution in [0.5, 0.6) is 0 Å². The number of hydrogen-bond acceptors (Lipinski definition) is 5. The third-order valence-corrected chi connectivity index (χ3v) is 6.12. The Balaban J connectivity index is 1.33. The Kier molecular flexibility index (Phi) is 5.68. The molecule has 2 amide bonds. The fraction of sp³-hybridized carbons (Fsp3) is 0.737. The van der Waals surface area contributed by atoms with Gasteiger partial charge in [-0.05, 0) is 44.9 Å². The van der Waals surface area contributed by atoms with E-state index in [9.17, 15) is 9.59 Å². The van der Waals surface area contributed by atoms with Crippen LogP contribution in [0.3, 0.4) is 0 Å². The molecule has 1 N–H and O–H groups in total. The van der Waals surface area contributed by atoms with Gasteiger partial charge in [-0.25, -0.2) is 0 Å². The molecule has 0 aromatic carbocycles. The molecule has 0 aliphatic carbocycles. The summed E-state index contributed by atoms with van der Waals surface area (Å²) in [4.78, 5) is 27.3. The van der Waals surface area contributed by atoms with Crippen molar-refractivity contribution < 1.29 is 18.8 Å². The van der Waals surface area contributed by atoms with Crippen LogP contribution in [0.25, 0.3) is 0 Å². The predicted molar refractivity (Wildman–Crippen MR) is 98.2 cm³/mol. The molecule has 4 rings (SSSR count). The number of carbonyl (C=O) groups is 2. The number of hydrogen-bond donors (Lipinski definition) is 1. The Hall–Kier alpha value is -1.60. The number of carbonyl (C=O) groups excluding carboxylic acids is 2. The van der Waals surface area contributed by atoms with Crippen LogP contribution in [0.1, 0.15) is 57.1 Å². The van der Waals surface area contributed by atoms with E-state index >= 15 is 0 Å². The molecule has 0 spiro atoms. The summed E-state index contributed by atoms with van der Waals surface area (Å²) in [5.74, 6) is 0.802. The van der Waals surface area contributed by atoms with E-state index in [2.05, 4.69) is 15.4 Å². The van der Waals surface area contributed by atoms with Crippen molar-refractivity contribution in [2.45, 2.75) is 82.0 Å². The summed E-state index contributed by atoms with van der Waals surface area (Å²) in [6.45, 7) is 0.673. The third-order valence-electron chi connectivity index (χ3n) is 5.95. The minimum atomic E-state index is -0.293. The fourth-order valence-electron chi connectivity index (χ4n) is 4.75. The molecule has 2 bridgehead atoms. The molecule has 4 heterocycles. The summed E-state index contributed by atoms with van der Waals surface area (Å²) < 4.78 is 10.6. The van der Waals surface area contributed by atoms with Gasteiger partial charge < -0.3 is 19.5 Å². The highest BCUT2D eigenvalue weighted by molar-refractivity contribution is 6.29. The molecule has 3 fully saturated rings. The topological polar surface area (TPSA) is 84.7 Å². The molecule has 4 atom stereocenters. The van der Waals surface area contributed by atoms with Crippen LogP contribution in [-0.2, 0) is 20.7 Å². The Morgan fingerprint density at radius 1 is 1.22 bits per heavy atom. The standard InChI is InChI=1S/C19H26ClN3O4/c20-17-11-15(27-22-17)6-7-18(24)23-13-3-1-4-14(23)10-12(9-13)21-19(25)16-5-2-8-26-16/h11-14,16H,1-10H2,(H,21,25)/t12?,13-,14+,16-/m1/s1. The van der Waals surface area contributed by atoms with Gasteiger partial charge in [-0.1, -0.05) is 16.8 Å². The normalized spacial score (nSPS) is 30.3. The number of amides is 2. The average molecular weight is 396 g/mol. The average Bonchev–Trinajstić information content (AvgIpc) is 3.30. The van der Waals surface area contributed by atoms with E-state index < -0.39 is 0 Å². The number of aromatic nitrogens is 1. The summed E-state index contributed by atoms with van der Waals surface area (Å²) in [5, 5.41) is 7.14. The Morgan fingerprint density at radius 2 is 2.00 bits per heavy atom. The number of ether oxygens (including phenoxy) is 1. The number of aryl methyl sites for hydroxylation is 1. The second-order valence-corrected chi connectivity index (χ2v) is 8.22. The minimum Gasteiger partial charge on any atom is -0.368 e. The molecule has 3 aliphatic rings. The first kappa shape index (κ1) is 18.7. The molecule has 3 saturated heterocycles. The van der Waals surface area contributed by atoms with Crippen molar-refractivity contribution in [2.24, 2.45) is 0 Å². The molecule has 1 aromatic rings. The number of nitrogens with one attached hydrogen (secondary N) is 1. The second kappa shape index (κ2) is 8.19. The monoisotopic (exact) mass is 395 g/mol. The summed E-state index contributed by atoms with van der Waals surface area (Å²) in [6, 6.07) is 2.20. The molecule has 1 unspecified atom stereocenters. The van der Waals surface area contributed by atoms with Gasteiger partial charge >= 0.3 is 0 Å². The van der Waals surface area contributed by atoms with Crippen LogP contribution in [-0.4, -0.2) is 52.7 Å². The van der Waals surface area contributed by atoms with Gasteiger partial charge in [-0.2, -0.15) is 0 Å². The van der Waals surface area contributed by atoms with E-state index in [1.54, 1.807) is 6.07 Å². The lowest BCUT2D eigenvalue weighted by atomic mass is 9.81. The minimum absolute atomic E-state index is 0.0116. The number of rotatable bonds is 5. The van der Waals surface area contributed by atoms with E-state index in [0.29, 0.717) is 30.4 Å². The zero-order valence-corrected chi connectivity index (χ0v) is 16.1. The first-order valence-corrected chi connectivity index (χ1v) is 10.3. The molecule has 27 heavy (non-hydrogen) atoms. The van der Waals surface area contributed by atoms with Crippen LogP contribution < -0.4 is 5.32 Å². The maximum Gasteiger partial charge on any atom is 0.249 e. The van der Waals surface area contributed by atoms with Crippen molar-refractivity contribution in [3.8, 4) is 0 Å². The van der Waals surface area contributed by atoms with Crippen LogP contribution in [0, 0.1) is 0 Å². The zero-order chi connectivity index (χ0) is 18.8. The van der Waals surface area contributed by atoms with Gasteiger partial charge in [0.15, 0.2) is 5.15 Å². The van der Waals surface area contributed by atoms with Crippen molar-refractivity contribution in [2.75, 3.05) is 6.61 Å². The number of halogens is 1. The highest BCUT2D eigenvalue weighted by Crippen LogP contribution is 2.35. The van der Waals surface area contributed by atoms with Crippen molar-refractivity contribution in [1.29, 1.82) is 0 Å². The summed E-state index contributed by atoms with van der Waals surface area (Å²) in [7, 11) is 0. The van der Waals surface area contributed by atoms with Gasteiger partial charge in [-0.15, -0.1) is 0 Å². The first-order valence-electron chi connectivity index (χ1n) is 9.94. The van der Waals surface area contributed by atoms with Crippen molar-refractivity contribution in [3.63, 3.8) is 0 Å². The lowest BCUT2D eigenvalue weighted by molar-refractivity contribution is -0.142. The number of fused-ring (bicyclic) bond motifs is 2. The molecule has 7 nitrogen and oxygen atoms in total. The van der Waals surface area contributed by atoms with Crippen molar-refractivity contribution >= 4 is 23.4 Å². The fourth-order valence-corrected chi connectivity index (χ4v) is 4.91. The quantitative estimate of drug-likeness (QED) is 0.827. The maximum atomic E-state index is 12.9. The second-order valence-electron chi connectivity index (χ2n) is 7.83. The van der Waals surface area contributed by atoms with Gasteiger partial charge in [0.1, 0.15) is 11.9 Å². The SMILES string of the molecule is O=C(NC1C[C@H]2CCC[C@@H](C1)N2C(=O)CCc1cc(Cl)no1)[C@H]1CCCO1. The van der Waals surface area contributed by atoms with Crippen LogP contribution in [0.15, 0.2) is 10.6 Å². The van der Waals surface area contributed by atoms with Crippen LogP contribution in [0.2, 0.25) is 5.15 Å². The summed E-state index contributed by atoms with van der Waals surface area (Å²) in [5.41, 5.74) is 0. The Labute approximate surface area is 163 Å². The van der Waals surface area contributed by atoms with E-state index in [-0.39, 0.29) is 36.0 Å². The van der Waals surface area contributed by atoms with Crippen molar-refractivity contribution in [1.82, 2.24) is 15.4 Å². The van der Waals surface area contributed by atoms with Gasteiger partial charge in [0.25, 0.3) is 0 Å². The maximum absolute atomic E-state index is 12.9. The third kappa shape index (κ3) is 4.29. The smallest absolute Gasteiger partial charge is 0.249 e. The van der Waals surface area contributed by atoms with E-state index in [0.717, 1.165) is 44.9 Å². The molecule has 3 aliphatic heterocycles. The molecular formula is C19H26ClN3O4. The lowest BCUT2D eigenvalue weighted by Crippen LogP contribution is -2.59. The van der Waals surface area contributed by atoms with Crippen LogP contribution >= 0.6 is 11.6 Å². The first-order chi connectivity index (χ1) is 13.1. The highest BCUT2D eigenvalue weighted by Gasteiger charge is 2.41. The lowest BCUT2D eigenvalue weighted by Gasteiger charge is -2.49. The summed E-state index contributed by atoms with van der Waals surface area (Å²) in [6.07, 6.45) is 7.17. The number of piperidine rings is 2. The van der Waals surface area contributed by atoms with Crippen molar-refractivity contribution in [3.05, 3.63) is 17.0 Å². The van der Waals surface area contributed by atoms with E-state index in [1.165, 1.54) is 0 Å².